The van der Waals surface area contributed by atoms with Crippen LogP contribution in [0.25, 0.3) is 0 Å². The van der Waals surface area contributed by atoms with E-state index in [-0.39, 0.29) is 10.7 Å². The predicted octanol–water partition coefficient (Wildman–Crippen LogP) is 2.20. The molecule has 0 heterocycles. The summed E-state index contributed by atoms with van der Waals surface area (Å²) in [6.07, 6.45) is 0. The summed E-state index contributed by atoms with van der Waals surface area (Å²) in [5.74, 6) is -0.105. The van der Waals surface area contributed by atoms with E-state index < -0.39 is 22.5 Å². The third kappa shape index (κ3) is 5.40. The van der Waals surface area contributed by atoms with Gasteiger partial charge in [-0.15, -0.1) is 0 Å². The first kappa shape index (κ1) is 19.6. The van der Waals surface area contributed by atoms with E-state index in [1.165, 1.54) is 25.1 Å². The fourth-order valence-corrected chi connectivity index (χ4v) is 3.13. The van der Waals surface area contributed by atoms with Crippen molar-refractivity contribution >= 4 is 27.4 Å². The van der Waals surface area contributed by atoms with Gasteiger partial charge in [-0.25, -0.2) is 13.1 Å². The molecule has 2 aromatic carbocycles. The number of ether oxygens (including phenoxy) is 1. The van der Waals surface area contributed by atoms with E-state index in [0.717, 1.165) is 0 Å². The van der Waals surface area contributed by atoms with Crippen LogP contribution >= 0.6 is 0 Å². The molecule has 0 radical (unpaired) electrons. The Morgan fingerprint density at radius 1 is 1.08 bits per heavy atom. The van der Waals surface area contributed by atoms with E-state index >= 15 is 0 Å². The zero-order valence-corrected chi connectivity index (χ0v) is 15.3. The van der Waals surface area contributed by atoms with Gasteiger partial charge in [-0.2, -0.15) is 0 Å². The van der Waals surface area contributed by atoms with Gasteiger partial charge in [-0.05, 0) is 50.2 Å². The van der Waals surface area contributed by atoms with Gasteiger partial charge >= 0.3 is 0 Å². The molecule has 0 saturated carbocycles. The molecule has 0 spiro atoms. The zero-order chi connectivity index (χ0) is 19.2. The number of ketones is 1. The second-order valence-corrected chi connectivity index (χ2v) is 7.18. The molecule has 0 bridgehead atoms. The molecule has 0 aromatic heterocycles. The Bertz CT molecular complexity index is 892. The molecule has 1 amide bonds. The van der Waals surface area contributed by atoms with Crippen molar-refractivity contribution in [1.29, 1.82) is 0 Å². The Balaban J connectivity index is 1.97. The van der Waals surface area contributed by atoms with Gasteiger partial charge in [-0.3, -0.25) is 9.59 Å². The van der Waals surface area contributed by atoms with Crippen molar-refractivity contribution in [2.24, 2.45) is 0 Å². The van der Waals surface area contributed by atoms with E-state index in [1.807, 2.05) is 6.92 Å². The molecule has 0 atom stereocenters. The van der Waals surface area contributed by atoms with Crippen LogP contribution in [-0.2, 0) is 14.8 Å². The average molecular weight is 376 g/mol. The predicted molar refractivity (Wildman–Crippen MR) is 97.9 cm³/mol. The number of benzene rings is 2. The first-order chi connectivity index (χ1) is 12.3. The highest BCUT2D eigenvalue weighted by atomic mass is 32.2. The fourth-order valence-electron chi connectivity index (χ4n) is 2.15. The number of carbonyl (C=O) groups excluding carboxylic acids is 2. The lowest BCUT2D eigenvalue weighted by Crippen LogP contribution is -2.32. The number of nitrogens with one attached hydrogen (secondary N) is 2. The molecule has 0 saturated heterocycles. The van der Waals surface area contributed by atoms with E-state index in [4.69, 9.17) is 4.74 Å². The monoisotopic (exact) mass is 376 g/mol. The summed E-state index contributed by atoms with van der Waals surface area (Å²) in [7, 11) is -3.82. The van der Waals surface area contributed by atoms with Gasteiger partial charge in [0.25, 0.3) is 0 Å². The Labute approximate surface area is 152 Å². The minimum absolute atomic E-state index is 0.0346. The van der Waals surface area contributed by atoms with Gasteiger partial charge in [0.15, 0.2) is 5.78 Å². The van der Waals surface area contributed by atoms with Gasteiger partial charge in [0.1, 0.15) is 5.75 Å². The highest BCUT2D eigenvalue weighted by Gasteiger charge is 2.16. The SMILES string of the molecule is CCOc1ccc(S(=O)(=O)NCC(=O)Nc2cccc(C(C)=O)c2)cc1. The Hall–Kier alpha value is -2.71. The molecular formula is C18H20N2O5S. The van der Waals surface area contributed by atoms with Crippen LogP contribution in [0.3, 0.4) is 0 Å². The lowest BCUT2D eigenvalue weighted by molar-refractivity contribution is -0.115. The van der Waals surface area contributed by atoms with Crippen molar-refractivity contribution in [3.63, 3.8) is 0 Å². The maximum Gasteiger partial charge on any atom is 0.241 e. The van der Waals surface area contributed by atoms with Crippen LogP contribution in [0.2, 0.25) is 0 Å². The molecule has 0 fully saturated rings. The minimum atomic E-state index is -3.82. The van der Waals surface area contributed by atoms with Crippen LogP contribution in [-0.4, -0.2) is 33.3 Å². The number of sulfonamides is 1. The lowest BCUT2D eigenvalue weighted by atomic mass is 10.1. The molecule has 7 nitrogen and oxygen atoms in total. The summed E-state index contributed by atoms with van der Waals surface area (Å²) in [5, 5.41) is 2.55. The number of hydrogen-bond acceptors (Lipinski definition) is 5. The maximum atomic E-state index is 12.2. The molecule has 0 unspecified atom stereocenters. The normalized spacial score (nSPS) is 11.0. The second-order valence-electron chi connectivity index (χ2n) is 5.41. The molecule has 0 aliphatic heterocycles. The van der Waals surface area contributed by atoms with Crippen LogP contribution in [0.5, 0.6) is 5.75 Å². The van der Waals surface area contributed by atoms with E-state index in [1.54, 1.807) is 30.3 Å². The summed E-state index contributed by atoms with van der Waals surface area (Å²) in [4.78, 5) is 23.4. The van der Waals surface area contributed by atoms with Gasteiger partial charge in [-0.1, -0.05) is 12.1 Å². The molecule has 2 N–H and O–H groups in total. The van der Waals surface area contributed by atoms with E-state index in [2.05, 4.69) is 10.0 Å². The molecule has 8 heteroatoms. The fraction of sp³-hybridized carbons (Fsp3) is 0.222. The third-order valence-corrected chi connectivity index (χ3v) is 4.84. The Morgan fingerprint density at radius 2 is 1.77 bits per heavy atom. The highest BCUT2D eigenvalue weighted by Crippen LogP contribution is 2.16. The first-order valence-electron chi connectivity index (χ1n) is 7.95. The van der Waals surface area contributed by atoms with Gasteiger partial charge in [0, 0.05) is 11.3 Å². The van der Waals surface area contributed by atoms with E-state index in [0.29, 0.717) is 23.6 Å². The standard InChI is InChI=1S/C18H20N2O5S/c1-3-25-16-7-9-17(10-8-16)26(23,24)19-12-18(22)20-15-6-4-5-14(11-15)13(2)21/h4-11,19H,3,12H2,1-2H3,(H,20,22). The average Bonchev–Trinajstić information content (AvgIpc) is 2.61. The summed E-state index contributed by atoms with van der Waals surface area (Å²) in [6, 6.07) is 12.3. The maximum absolute atomic E-state index is 12.2. The van der Waals surface area contributed by atoms with Gasteiger partial charge in [0.05, 0.1) is 18.0 Å². The largest absolute Gasteiger partial charge is 0.494 e. The Morgan fingerprint density at radius 3 is 2.38 bits per heavy atom. The minimum Gasteiger partial charge on any atom is -0.494 e. The van der Waals surface area contributed by atoms with Crippen LogP contribution in [0, 0.1) is 0 Å². The number of hydrogen-bond donors (Lipinski definition) is 2. The summed E-state index contributed by atoms with van der Waals surface area (Å²) >= 11 is 0. The summed E-state index contributed by atoms with van der Waals surface area (Å²) < 4.78 is 31.9. The molecule has 2 rings (SSSR count). The molecule has 26 heavy (non-hydrogen) atoms. The first-order valence-corrected chi connectivity index (χ1v) is 9.43. The van der Waals surface area contributed by atoms with Crippen LogP contribution in [0.15, 0.2) is 53.4 Å². The molecule has 0 aliphatic carbocycles. The molecular weight excluding hydrogens is 356 g/mol. The number of anilines is 1. The zero-order valence-electron chi connectivity index (χ0n) is 14.5. The lowest BCUT2D eigenvalue weighted by Gasteiger charge is -2.09. The Kier molecular flexibility index (Phi) is 6.48. The van der Waals surface area contributed by atoms with Crippen molar-refractivity contribution in [1.82, 2.24) is 4.72 Å². The number of carbonyl (C=O) groups is 2. The highest BCUT2D eigenvalue weighted by molar-refractivity contribution is 7.89. The van der Waals surface area contributed by atoms with Crippen molar-refractivity contribution in [3.05, 3.63) is 54.1 Å². The third-order valence-electron chi connectivity index (χ3n) is 3.42. The number of Topliss-reactive ketones (excluding diaryl/α,β-unsaturated/α-hetero) is 1. The van der Waals surface area contributed by atoms with Crippen LogP contribution in [0.4, 0.5) is 5.69 Å². The molecule has 0 aliphatic rings. The van der Waals surface area contributed by atoms with Gasteiger partial charge in [0.2, 0.25) is 15.9 Å². The molecule has 138 valence electrons. The topological polar surface area (TPSA) is 102 Å². The molecule has 2 aromatic rings. The van der Waals surface area contributed by atoms with Crippen molar-refractivity contribution in [2.75, 3.05) is 18.5 Å². The smallest absolute Gasteiger partial charge is 0.241 e. The number of amides is 1. The summed E-state index contributed by atoms with van der Waals surface area (Å²) in [6.45, 7) is 3.30. The second kappa shape index (κ2) is 8.59. The van der Waals surface area contributed by atoms with Gasteiger partial charge < -0.3 is 10.1 Å². The summed E-state index contributed by atoms with van der Waals surface area (Å²) in [5.41, 5.74) is 0.876. The van der Waals surface area contributed by atoms with Crippen molar-refractivity contribution < 1.29 is 22.7 Å². The van der Waals surface area contributed by atoms with Crippen molar-refractivity contribution in [3.8, 4) is 5.75 Å². The van der Waals surface area contributed by atoms with E-state index in [9.17, 15) is 18.0 Å². The van der Waals surface area contributed by atoms with Crippen molar-refractivity contribution in [2.45, 2.75) is 18.7 Å². The van der Waals surface area contributed by atoms with Crippen LogP contribution < -0.4 is 14.8 Å². The van der Waals surface area contributed by atoms with Crippen LogP contribution in [0.1, 0.15) is 24.2 Å². The quantitative estimate of drug-likeness (QED) is 0.688. The number of rotatable bonds is 8.